The molecular weight excluding hydrogens is 320 g/mol. The lowest BCUT2D eigenvalue weighted by Gasteiger charge is -2.31. The topological polar surface area (TPSA) is 49.4 Å². The average Bonchev–Trinajstić information content (AvgIpc) is 2.92. The van der Waals surface area contributed by atoms with E-state index in [4.69, 9.17) is 0 Å². The van der Waals surface area contributed by atoms with Gasteiger partial charge in [0.15, 0.2) is 0 Å². The maximum absolute atomic E-state index is 11.9. The molecule has 3 rings (SSSR count). The summed E-state index contributed by atoms with van der Waals surface area (Å²) >= 11 is 6.74. The number of urea groups is 1. The molecule has 0 spiro atoms. The fourth-order valence-electron chi connectivity index (χ4n) is 1.84. The van der Waals surface area contributed by atoms with E-state index in [9.17, 15) is 9.59 Å². The van der Waals surface area contributed by atoms with E-state index < -0.39 is 0 Å². The van der Waals surface area contributed by atoms with Crippen LogP contribution in [-0.4, -0.2) is 34.5 Å². The van der Waals surface area contributed by atoms with Crippen LogP contribution in [0.4, 0.5) is 4.79 Å². The van der Waals surface area contributed by atoms with Crippen molar-refractivity contribution in [2.45, 2.75) is 24.5 Å². The van der Waals surface area contributed by atoms with Crippen LogP contribution in [0.3, 0.4) is 0 Å². The molecule has 0 aromatic carbocycles. The van der Waals surface area contributed by atoms with Gasteiger partial charge in [0, 0.05) is 7.05 Å². The minimum atomic E-state index is -0.303. The van der Waals surface area contributed by atoms with Crippen molar-refractivity contribution in [2.75, 3.05) is 7.05 Å². The number of amides is 3. The first-order chi connectivity index (χ1) is 8.97. The van der Waals surface area contributed by atoms with Gasteiger partial charge in [-0.1, -0.05) is 35.3 Å². The zero-order valence-electron chi connectivity index (χ0n) is 10.6. The van der Waals surface area contributed by atoms with Crippen LogP contribution in [0.15, 0.2) is 18.3 Å². The van der Waals surface area contributed by atoms with Crippen molar-refractivity contribution < 1.29 is 9.59 Å². The number of nitrogens with zero attached hydrogens (tertiary/aromatic N) is 1. The van der Waals surface area contributed by atoms with Crippen molar-refractivity contribution in [3.8, 4) is 0 Å². The molecule has 0 aromatic heterocycles. The van der Waals surface area contributed by atoms with E-state index in [-0.39, 0.29) is 22.6 Å². The third kappa shape index (κ3) is 2.32. The summed E-state index contributed by atoms with van der Waals surface area (Å²) in [7, 11) is 1.74. The second kappa shape index (κ2) is 4.98. The maximum atomic E-state index is 11.9. The molecule has 0 aromatic rings. The summed E-state index contributed by atoms with van der Waals surface area (Å²) in [5.74, 6) is -0.171. The summed E-state index contributed by atoms with van der Waals surface area (Å²) in [5, 5.41) is 2.11. The van der Waals surface area contributed by atoms with Crippen LogP contribution in [0, 0.1) is 0 Å². The van der Waals surface area contributed by atoms with Gasteiger partial charge in [0.25, 0.3) is 0 Å². The molecule has 8 heteroatoms. The first kappa shape index (κ1) is 13.8. The predicted octanol–water partition coefficient (Wildman–Crippen LogP) is 3.20. The third-order valence-electron chi connectivity index (χ3n) is 3.07. The summed E-state index contributed by atoms with van der Waals surface area (Å²) < 4.78 is 2.41. The van der Waals surface area contributed by atoms with Crippen LogP contribution >= 0.6 is 47.0 Å². The van der Waals surface area contributed by atoms with Crippen LogP contribution in [0.25, 0.3) is 0 Å². The zero-order valence-corrected chi connectivity index (χ0v) is 13.8. The summed E-state index contributed by atoms with van der Waals surface area (Å²) in [5.41, 5.74) is 0. The maximum Gasteiger partial charge on any atom is 0.324 e. The smallest absolute Gasteiger partial charge is 0.313 e. The number of imide groups is 1. The summed E-state index contributed by atoms with van der Waals surface area (Å²) in [6, 6.07) is -0.303. The van der Waals surface area contributed by atoms with Crippen molar-refractivity contribution in [1.82, 2.24) is 10.2 Å². The van der Waals surface area contributed by atoms with Gasteiger partial charge in [-0.3, -0.25) is 10.1 Å². The van der Waals surface area contributed by atoms with Gasteiger partial charge in [-0.05, 0) is 23.7 Å². The highest BCUT2D eigenvalue weighted by Gasteiger charge is 2.47. The van der Waals surface area contributed by atoms with Crippen LogP contribution in [0.5, 0.6) is 0 Å². The molecule has 19 heavy (non-hydrogen) atoms. The molecule has 0 aliphatic carbocycles. The number of hydrogen-bond acceptors (Lipinski definition) is 6. The largest absolute Gasteiger partial charge is 0.324 e. The molecule has 4 nitrogen and oxygen atoms in total. The van der Waals surface area contributed by atoms with E-state index >= 15 is 0 Å². The molecule has 2 unspecified atom stereocenters. The Balaban J connectivity index is 1.86. The number of rotatable bonds is 0. The van der Waals surface area contributed by atoms with Crippen LogP contribution in [0.1, 0.15) is 13.8 Å². The van der Waals surface area contributed by atoms with E-state index in [1.807, 2.05) is 0 Å². The molecule has 2 atom stereocenters. The van der Waals surface area contributed by atoms with Gasteiger partial charge in [-0.15, -0.1) is 11.8 Å². The molecule has 2 saturated heterocycles. The third-order valence-corrected chi connectivity index (χ3v) is 9.36. The first-order valence-electron chi connectivity index (χ1n) is 5.66. The fourth-order valence-corrected chi connectivity index (χ4v) is 7.87. The Morgan fingerprint density at radius 1 is 1.05 bits per heavy atom. The van der Waals surface area contributed by atoms with E-state index in [1.54, 1.807) is 59.0 Å². The first-order valence-corrected chi connectivity index (χ1v) is 9.05. The van der Waals surface area contributed by atoms with Gasteiger partial charge in [0.05, 0.1) is 8.47 Å². The molecule has 2 fully saturated rings. The van der Waals surface area contributed by atoms with Crippen molar-refractivity contribution in [3.63, 3.8) is 0 Å². The van der Waals surface area contributed by atoms with E-state index in [0.717, 1.165) is 4.24 Å². The molecule has 3 aliphatic heterocycles. The van der Waals surface area contributed by atoms with Gasteiger partial charge in [0.1, 0.15) is 10.6 Å². The number of allylic oxidation sites excluding steroid dienone is 2. The van der Waals surface area contributed by atoms with E-state index in [2.05, 4.69) is 19.2 Å². The van der Waals surface area contributed by atoms with Crippen LogP contribution in [0.2, 0.25) is 0 Å². The Morgan fingerprint density at radius 3 is 2.32 bits per heavy atom. The number of thioether (sulfide) groups is 4. The number of hydrogen-bond donors (Lipinski definition) is 1. The Labute approximate surface area is 128 Å². The van der Waals surface area contributed by atoms with Crippen molar-refractivity contribution >= 4 is 59.0 Å². The second-order valence-electron chi connectivity index (χ2n) is 4.34. The molecule has 1 N–H and O–H groups in total. The molecule has 3 heterocycles. The lowest BCUT2D eigenvalue weighted by Crippen LogP contribution is -2.57. The van der Waals surface area contributed by atoms with Crippen LogP contribution < -0.4 is 5.32 Å². The second-order valence-corrected chi connectivity index (χ2v) is 9.59. The van der Waals surface area contributed by atoms with Gasteiger partial charge < -0.3 is 4.90 Å². The molecule has 3 aliphatic rings. The monoisotopic (exact) mass is 332 g/mol. The number of nitrogens with one attached hydrogen (secondary N) is 1. The number of fused-ring (bicyclic) bond motifs is 1. The zero-order chi connectivity index (χ0) is 13.7. The molecule has 0 bridgehead atoms. The highest BCUT2D eigenvalue weighted by molar-refractivity contribution is 8.33. The van der Waals surface area contributed by atoms with Crippen LogP contribution in [-0.2, 0) is 4.79 Å². The molecular formula is C11H12N2O2S4. The quantitative estimate of drug-likeness (QED) is 0.735. The molecule has 0 saturated carbocycles. The summed E-state index contributed by atoms with van der Waals surface area (Å²) in [4.78, 5) is 27.8. The average molecular weight is 332 g/mol. The highest BCUT2D eigenvalue weighted by Crippen LogP contribution is 2.59. The van der Waals surface area contributed by atoms with Gasteiger partial charge in [-0.25, -0.2) is 4.79 Å². The van der Waals surface area contributed by atoms with Crippen molar-refractivity contribution in [2.24, 2.45) is 0 Å². The normalized spacial score (nSPS) is 31.2. The summed E-state index contributed by atoms with van der Waals surface area (Å²) in [6.45, 7) is 4.22. The Bertz CT molecular complexity index is 527. The highest BCUT2D eigenvalue weighted by atomic mass is 32.2. The van der Waals surface area contributed by atoms with Gasteiger partial charge in [-0.2, -0.15) is 0 Å². The fraction of sp³-hybridized carbons (Fsp3) is 0.455. The summed E-state index contributed by atoms with van der Waals surface area (Å²) in [6.07, 6.45) is 0. The molecule has 102 valence electrons. The predicted molar refractivity (Wildman–Crippen MR) is 84.6 cm³/mol. The Morgan fingerprint density at radius 2 is 1.68 bits per heavy atom. The standard InChI is InChI=1S/C11H12N2O2S4/c1-4-5(2)17-9(16-4)10-18-6-7(14)12-11(15)13(3)8(6)19-10/h6,8H,1-3H3,(H,12,14,15). The van der Waals surface area contributed by atoms with Gasteiger partial charge in [0.2, 0.25) is 5.91 Å². The molecule has 3 amide bonds. The van der Waals surface area contributed by atoms with Crippen molar-refractivity contribution in [1.29, 1.82) is 0 Å². The SMILES string of the molecule is CC1=C(C)SC(=C2SC3C(=O)NC(=O)N(C)C3S2)S1. The lowest BCUT2D eigenvalue weighted by molar-refractivity contribution is -0.121. The minimum absolute atomic E-state index is 0.0869. The number of carbonyl (C=O) groups excluding carboxylic acids is 2. The molecule has 0 radical (unpaired) electrons. The minimum Gasteiger partial charge on any atom is -0.313 e. The van der Waals surface area contributed by atoms with Crippen molar-refractivity contribution in [3.05, 3.63) is 18.3 Å². The lowest BCUT2D eigenvalue weighted by atomic mass is 10.3. The van der Waals surface area contributed by atoms with Gasteiger partial charge >= 0.3 is 6.03 Å². The Hall–Kier alpha value is -0.180. The van der Waals surface area contributed by atoms with E-state index in [0.29, 0.717) is 0 Å². The number of carbonyl (C=O) groups is 2. The Kier molecular flexibility index (Phi) is 3.61. The van der Waals surface area contributed by atoms with E-state index in [1.165, 1.54) is 14.0 Å².